The van der Waals surface area contributed by atoms with Crippen molar-refractivity contribution in [3.8, 4) is 5.88 Å². The van der Waals surface area contributed by atoms with Crippen LogP contribution in [0.15, 0.2) is 12.1 Å². The summed E-state index contributed by atoms with van der Waals surface area (Å²) < 4.78 is 6.00. The third kappa shape index (κ3) is 6.47. The lowest BCUT2D eigenvalue weighted by Crippen LogP contribution is -2.16. The first kappa shape index (κ1) is 16.3. The molecule has 0 amide bonds. The predicted molar refractivity (Wildman–Crippen MR) is 87.7 cm³/mol. The quantitative estimate of drug-likeness (QED) is 0.649. The molecule has 3 nitrogen and oxygen atoms in total. The third-order valence-corrected chi connectivity index (χ3v) is 3.95. The number of unbranched alkanes of at least 4 members (excludes halogenated alkanes) is 3. The van der Waals surface area contributed by atoms with Gasteiger partial charge in [0.25, 0.3) is 0 Å². The fraction of sp³-hybridized carbons (Fsp3) is 0.722. The zero-order chi connectivity index (χ0) is 15.1. The maximum Gasteiger partial charge on any atom is 0.214 e. The van der Waals surface area contributed by atoms with Gasteiger partial charge in [0.15, 0.2) is 0 Å². The Hall–Kier alpha value is -1.09. The van der Waals surface area contributed by atoms with Crippen molar-refractivity contribution in [3.63, 3.8) is 0 Å². The molecule has 0 radical (unpaired) electrons. The van der Waals surface area contributed by atoms with E-state index in [9.17, 15) is 0 Å². The molecule has 0 spiro atoms. The van der Waals surface area contributed by atoms with E-state index < -0.39 is 0 Å². The predicted octanol–water partition coefficient (Wildman–Crippen LogP) is 4.38. The average Bonchev–Trinajstić information content (AvgIpc) is 3.25. The number of aromatic nitrogens is 1. The van der Waals surface area contributed by atoms with Gasteiger partial charge in [0.1, 0.15) is 0 Å². The van der Waals surface area contributed by atoms with Crippen LogP contribution in [0.25, 0.3) is 0 Å². The number of aryl methyl sites for hydroxylation is 1. The molecule has 1 aliphatic carbocycles. The second-order valence-electron chi connectivity index (χ2n) is 6.39. The zero-order valence-corrected chi connectivity index (χ0v) is 13.8. The molecule has 1 unspecified atom stereocenters. The summed E-state index contributed by atoms with van der Waals surface area (Å²) in [7, 11) is 0. The standard InChI is InChI=1S/C18H30N2O/c1-4-5-6-7-8-15(3)21-18-12-16(11-14(2)20-18)13-19-17-9-10-17/h11-12,15,17,19H,4-10,13H2,1-3H3. The van der Waals surface area contributed by atoms with E-state index in [2.05, 4.69) is 36.3 Å². The average molecular weight is 290 g/mol. The largest absolute Gasteiger partial charge is 0.475 e. The van der Waals surface area contributed by atoms with Crippen molar-refractivity contribution in [1.29, 1.82) is 0 Å². The van der Waals surface area contributed by atoms with Crippen LogP contribution in [0, 0.1) is 6.92 Å². The van der Waals surface area contributed by atoms with E-state index in [1.807, 2.05) is 6.92 Å². The summed E-state index contributed by atoms with van der Waals surface area (Å²) in [4.78, 5) is 4.51. The van der Waals surface area contributed by atoms with Crippen molar-refractivity contribution < 1.29 is 4.74 Å². The highest BCUT2D eigenvalue weighted by Crippen LogP contribution is 2.21. The summed E-state index contributed by atoms with van der Waals surface area (Å²) >= 11 is 0. The molecular formula is C18H30N2O. The Kier molecular flexibility index (Phi) is 6.50. The molecule has 1 saturated carbocycles. The summed E-state index contributed by atoms with van der Waals surface area (Å²) in [5, 5.41) is 3.55. The normalized spacial score (nSPS) is 16.0. The van der Waals surface area contributed by atoms with Crippen molar-refractivity contribution in [2.24, 2.45) is 0 Å². The van der Waals surface area contributed by atoms with Gasteiger partial charge in [-0.3, -0.25) is 0 Å². The molecule has 0 aliphatic heterocycles. The van der Waals surface area contributed by atoms with Gasteiger partial charge in [0, 0.05) is 24.3 Å². The Morgan fingerprint density at radius 3 is 2.81 bits per heavy atom. The van der Waals surface area contributed by atoms with Gasteiger partial charge in [-0.2, -0.15) is 0 Å². The van der Waals surface area contributed by atoms with Crippen LogP contribution in [0.2, 0.25) is 0 Å². The van der Waals surface area contributed by atoms with E-state index in [0.717, 1.165) is 30.6 Å². The van der Waals surface area contributed by atoms with Crippen LogP contribution in [0.5, 0.6) is 5.88 Å². The van der Waals surface area contributed by atoms with Crippen LogP contribution in [-0.4, -0.2) is 17.1 Å². The van der Waals surface area contributed by atoms with E-state index in [4.69, 9.17) is 4.74 Å². The summed E-state index contributed by atoms with van der Waals surface area (Å²) in [5.74, 6) is 0.783. The lowest BCUT2D eigenvalue weighted by Gasteiger charge is -2.15. The first-order valence-corrected chi connectivity index (χ1v) is 8.55. The van der Waals surface area contributed by atoms with Gasteiger partial charge in [0.05, 0.1) is 6.10 Å². The minimum Gasteiger partial charge on any atom is -0.475 e. The molecule has 3 heteroatoms. The highest BCUT2D eigenvalue weighted by Gasteiger charge is 2.20. The van der Waals surface area contributed by atoms with Crippen molar-refractivity contribution in [1.82, 2.24) is 10.3 Å². The van der Waals surface area contributed by atoms with Gasteiger partial charge in [-0.1, -0.05) is 26.2 Å². The number of rotatable bonds is 10. The van der Waals surface area contributed by atoms with Crippen molar-refractivity contribution in [3.05, 3.63) is 23.4 Å². The number of hydrogen-bond acceptors (Lipinski definition) is 3. The summed E-state index contributed by atoms with van der Waals surface area (Å²) in [6.07, 6.45) is 9.17. The lowest BCUT2D eigenvalue weighted by molar-refractivity contribution is 0.197. The van der Waals surface area contributed by atoms with Crippen LogP contribution in [0.1, 0.15) is 70.1 Å². The number of nitrogens with one attached hydrogen (secondary N) is 1. The molecule has 1 atom stereocenters. The van der Waals surface area contributed by atoms with Gasteiger partial charge < -0.3 is 10.1 Å². The highest BCUT2D eigenvalue weighted by atomic mass is 16.5. The minimum atomic E-state index is 0.250. The van der Waals surface area contributed by atoms with Gasteiger partial charge in [-0.15, -0.1) is 0 Å². The van der Waals surface area contributed by atoms with E-state index >= 15 is 0 Å². The van der Waals surface area contributed by atoms with E-state index in [-0.39, 0.29) is 6.10 Å². The van der Waals surface area contributed by atoms with E-state index in [0.29, 0.717) is 0 Å². The van der Waals surface area contributed by atoms with E-state index in [1.54, 1.807) is 0 Å². The summed E-state index contributed by atoms with van der Waals surface area (Å²) in [5.41, 5.74) is 2.32. The molecule has 0 aromatic carbocycles. The van der Waals surface area contributed by atoms with Crippen LogP contribution in [0.4, 0.5) is 0 Å². The highest BCUT2D eigenvalue weighted by molar-refractivity contribution is 5.25. The SMILES string of the molecule is CCCCCCC(C)Oc1cc(CNC2CC2)cc(C)n1. The third-order valence-electron chi connectivity index (χ3n) is 3.95. The van der Waals surface area contributed by atoms with Gasteiger partial charge in [-0.05, 0) is 51.2 Å². The van der Waals surface area contributed by atoms with Gasteiger partial charge in [0.2, 0.25) is 5.88 Å². The second-order valence-corrected chi connectivity index (χ2v) is 6.39. The molecule has 1 heterocycles. The second kappa shape index (κ2) is 8.38. The molecule has 0 saturated heterocycles. The Morgan fingerprint density at radius 1 is 1.29 bits per heavy atom. The van der Waals surface area contributed by atoms with Crippen LogP contribution >= 0.6 is 0 Å². The van der Waals surface area contributed by atoms with Crippen molar-refractivity contribution >= 4 is 0 Å². The summed E-state index contributed by atoms with van der Waals surface area (Å²) in [6.45, 7) is 7.36. The van der Waals surface area contributed by atoms with Crippen molar-refractivity contribution in [2.75, 3.05) is 0 Å². The molecule has 1 aliphatic rings. The lowest BCUT2D eigenvalue weighted by atomic mass is 10.1. The number of pyridine rings is 1. The first-order valence-electron chi connectivity index (χ1n) is 8.55. The summed E-state index contributed by atoms with van der Waals surface area (Å²) in [6, 6.07) is 4.97. The molecule has 1 aromatic rings. The topological polar surface area (TPSA) is 34.1 Å². The molecule has 1 fully saturated rings. The fourth-order valence-electron chi connectivity index (χ4n) is 2.54. The maximum atomic E-state index is 6.00. The van der Waals surface area contributed by atoms with Crippen molar-refractivity contribution in [2.45, 2.75) is 84.4 Å². The molecular weight excluding hydrogens is 260 g/mol. The monoisotopic (exact) mass is 290 g/mol. The smallest absolute Gasteiger partial charge is 0.214 e. The van der Waals surface area contributed by atoms with Gasteiger partial charge >= 0.3 is 0 Å². The van der Waals surface area contributed by atoms with E-state index in [1.165, 1.54) is 44.1 Å². The molecule has 118 valence electrons. The fourth-order valence-corrected chi connectivity index (χ4v) is 2.54. The molecule has 1 aromatic heterocycles. The Balaban J connectivity index is 1.80. The van der Waals surface area contributed by atoms with Gasteiger partial charge in [-0.25, -0.2) is 4.98 Å². The molecule has 2 rings (SSSR count). The minimum absolute atomic E-state index is 0.250. The van der Waals surface area contributed by atoms with Crippen LogP contribution < -0.4 is 10.1 Å². The van der Waals surface area contributed by atoms with Crippen LogP contribution in [0.3, 0.4) is 0 Å². The Bertz CT molecular complexity index is 429. The maximum absolute atomic E-state index is 6.00. The molecule has 1 N–H and O–H groups in total. The number of nitrogens with zero attached hydrogens (tertiary/aromatic N) is 1. The van der Waals surface area contributed by atoms with Crippen LogP contribution in [-0.2, 0) is 6.54 Å². The Labute approximate surface area is 129 Å². The molecule has 0 bridgehead atoms. The zero-order valence-electron chi connectivity index (χ0n) is 13.8. The molecule has 21 heavy (non-hydrogen) atoms. The number of ether oxygens (including phenoxy) is 1. The number of hydrogen-bond donors (Lipinski definition) is 1. The Morgan fingerprint density at radius 2 is 2.10 bits per heavy atom. The first-order chi connectivity index (χ1) is 10.2.